The highest BCUT2D eigenvalue weighted by atomic mass is 16.1. The first kappa shape index (κ1) is 12.3. The van der Waals surface area contributed by atoms with E-state index in [1.54, 1.807) is 0 Å². The highest BCUT2D eigenvalue weighted by molar-refractivity contribution is 5.98. The summed E-state index contributed by atoms with van der Waals surface area (Å²) >= 11 is 0. The molecule has 0 aliphatic heterocycles. The second-order valence-corrected chi connectivity index (χ2v) is 6.01. The van der Waals surface area contributed by atoms with Crippen molar-refractivity contribution < 1.29 is 4.79 Å². The van der Waals surface area contributed by atoms with Crippen molar-refractivity contribution in [2.24, 2.45) is 5.41 Å². The van der Waals surface area contributed by atoms with E-state index >= 15 is 0 Å². The molecule has 17 heavy (non-hydrogen) atoms. The van der Waals surface area contributed by atoms with Crippen LogP contribution in [-0.2, 0) is 12.8 Å². The van der Waals surface area contributed by atoms with Gasteiger partial charge in [-0.15, -0.1) is 0 Å². The summed E-state index contributed by atoms with van der Waals surface area (Å²) in [4.78, 5) is 12.3. The van der Waals surface area contributed by atoms with Gasteiger partial charge in [0.05, 0.1) is 0 Å². The number of Topliss-reactive ketones (excluding diaryl/α,β-unsaturated/α-hetero) is 1. The van der Waals surface area contributed by atoms with E-state index in [-0.39, 0.29) is 5.41 Å². The monoisotopic (exact) mass is 230 g/mol. The van der Waals surface area contributed by atoms with Gasteiger partial charge in [-0.1, -0.05) is 39.3 Å². The number of hydrogen-bond donors (Lipinski definition) is 0. The lowest BCUT2D eigenvalue weighted by atomic mass is 9.84. The fourth-order valence-corrected chi connectivity index (χ4v) is 2.64. The second kappa shape index (κ2) is 4.64. The standard InChI is InChI=1S/C16H22O/c1-4-5-12-6-7-13-8-9-16(2,3)11-15(17)14(13)10-12/h6-7,10H,4-5,8-9,11H2,1-3H3. The van der Waals surface area contributed by atoms with Crippen LogP contribution in [0.5, 0.6) is 0 Å². The van der Waals surface area contributed by atoms with Crippen molar-refractivity contribution in [3.8, 4) is 0 Å². The normalized spacial score (nSPS) is 18.6. The maximum Gasteiger partial charge on any atom is 0.163 e. The molecule has 1 heteroatoms. The topological polar surface area (TPSA) is 17.1 Å². The Morgan fingerprint density at radius 3 is 2.76 bits per heavy atom. The van der Waals surface area contributed by atoms with E-state index in [0.29, 0.717) is 12.2 Å². The first-order valence-corrected chi connectivity index (χ1v) is 6.67. The Morgan fingerprint density at radius 2 is 2.06 bits per heavy atom. The molecule has 0 N–H and O–H groups in total. The number of carbonyl (C=O) groups is 1. The molecule has 1 aliphatic rings. The summed E-state index contributed by atoms with van der Waals surface area (Å²) in [7, 11) is 0. The molecule has 0 atom stereocenters. The summed E-state index contributed by atoms with van der Waals surface area (Å²) in [6.45, 7) is 6.57. The van der Waals surface area contributed by atoms with Crippen molar-refractivity contribution in [3.63, 3.8) is 0 Å². The average molecular weight is 230 g/mol. The van der Waals surface area contributed by atoms with Gasteiger partial charge in [0.1, 0.15) is 0 Å². The molecule has 2 rings (SSSR count). The smallest absolute Gasteiger partial charge is 0.163 e. The van der Waals surface area contributed by atoms with Crippen molar-refractivity contribution in [1.82, 2.24) is 0 Å². The molecule has 0 spiro atoms. The average Bonchev–Trinajstić information content (AvgIpc) is 2.37. The third-order valence-corrected chi connectivity index (χ3v) is 3.72. The van der Waals surface area contributed by atoms with Gasteiger partial charge in [-0.05, 0) is 41.9 Å². The lowest BCUT2D eigenvalue weighted by Crippen LogP contribution is -2.14. The van der Waals surface area contributed by atoms with Crippen LogP contribution >= 0.6 is 0 Å². The molecule has 0 unspecified atom stereocenters. The minimum Gasteiger partial charge on any atom is -0.294 e. The SMILES string of the molecule is CCCc1ccc2c(c1)C(=O)CC(C)(C)CC2. The van der Waals surface area contributed by atoms with Gasteiger partial charge in [-0.25, -0.2) is 0 Å². The Kier molecular flexibility index (Phi) is 3.37. The largest absolute Gasteiger partial charge is 0.294 e. The van der Waals surface area contributed by atoms with Crippen LogP contribution in [-0.4, -0.2) is 5.78 Å². The van der Waals surface area contributed by atoms with Crippen LogP contribution in [0.4, 0.5) is 0 Å². The molecule has 0 saturated carbocycles. The highest BCUT2D eigenvalue weighted by Crippen LogP contribution is 2.33. The van der Waals surface area contributed by atoms with Gasteiger partial charge in [0.15, 0.2) is 5.78 Å². The van der Waals surface area contributed by atoms with Crippen LogP contribution in [0.3, 0.4) is 0 Å². The van der Waals surface area contributed by atoms with Crippen molar-refractivity contribution in [1.29, 1.82) is 0 Å². The van der Waals surface area contributed by atoms with E-state index in [2.05, 4.69) is 39.0 Å². The van der Waals surface area contributed by atoms with E-state index in [1.807, 2.05) is 0 Å². The maximum atomic E-state index is 12.3. The Balaban J connectivity index is 2.35. The molecule has 0 heterocycles. The Hall–Kier alpha value is -1.11. The number of ketones is 1. The Bertz CT molecular complexity index is 429. The fraction of sp³-hybridized carbons (Fsp3) is 0.562. The van der Waals surface area contributed by atoms with E-state index in [1.165, 1.54) is 11.1 Å². The maximum absolute atomic E-state index is 12.3. The molecule has 0 aromatic heterocycles. The van der Waals surface area contributed by atoms with Gasteiger partial charge in [-0.2, -0.15) is 0 Å². The van der Waals surface area contributed by atoms with Crippen LogP contribution < -0.4 is 0 Å². The number of benzene rings is 1. The number of aryl methyl sites for hydroxylation is 2. The zero-order valence-corrected chi connectivity index (χ0v) is 11.2. The third-order valence-electron chi connectivity index (χ3n) is 3.72. The number of fused-ring (bicyclic) bond motifs is 1. The van der Waals surface area contributed by atoms with Crippen LogP contribution in [0, 0.1) is 5.41 Å². The van der Waals surface area contributed by atoms with Crippen molar-refractivity contribution >= 4 is 5.78 Å². The number of rotatable bonds is 2. The van der Waals surface area contributed by atoms with Crippen LogP contribution in [0.15, 0.2) is 18.2 Å². The summed E-state index contributed by atoms with van der Waals surface area (Å²) in [5.74, 6) is 0.334. The molecule has 1 aliphatic carbocycles. The van der Waals surface area contributed by atoms with Crippen LogP contribution in [0.25, 0.3) is 0 Å². The Labute approximate surface area is 104 Å². The van der Waals surface area contributed by atoms with Gasteiger partial charge in [-0.3, -0.25) is 4.79 Å². The first-order valence-electron chi connectivity index (χ1n) is 6.67. The molecule has 0 bridgehead atoms. The third kappa shape index (κ3) is 2.77. The molecule has 0 saturated heterocycles. The van der Waals surface area contributed by atoms with E-state index < -0.39 is 0 Å². The first-order chi connectivity index (χ1) is 8.02. The second-order valence-electron chi connectivity index (χ2n) is 6.01. The van der Waals surface area contributed by atoms with Crippen molar-refractivity contribution in [3.05, 3.63) is 34.9 Å². The molecular formula is C16H22O. The van der Waals surface area contributed by atoms with Crippen molar-refractivity contribution in [2.75, 3.05) is 0 Å². The number of carbonyl (C=O) groups excluding carboxylic acids is 1. The predicted molar refractivity (Wildman–Crippen MR) is 71.5 cm³/mol. The predicted octanol–water partition coefficient (Wildman–Crippen LogP) is 4.18. The van der Waals surface area contributed by atoms with E-state index in [0.717, 1.165) is 31.2 Å². The molecular weight excluding hydrogens is 208 g/mol. The molecule has 92 valence electrons. The number of hydrogen-bond acceptors (Lipinski definition) is 1. The van der Waals surface area contributed by atoms with E-state index in [9.17, 15) is 4.79 Å². The summed E-state index contributed by atoms with van der Waals surface area (Å²) in [5.41, 5.74) is 3.70. The van der Waals surface area contributed by atoms with Crippen molar-refractivity contribution in [2.45, 2.75) is 52.9 Å². The van der Waals surface area contributed by atoms with Gasteiger partial charge in [0, 0.05) is 12.0 Å². The lowest BCUT2D eigenvalue weighted by molar-refractivity contribution is 0.0934. The van der Waals surface area contributed by atoms with E-state index in [4.69, 9.17) is 0 Å². The zero-order chi connectivity index (χ0) is 12.5. The summed E-state index contributed by atoms with van der Waals surface area (Å²) in [6.07, 6.45) is 5.05. The fourth-order valence-electron chi connectivity index (χ4n) is 2.64. The van der Waals surface area contributed by atoms with Gasteiger partial charge >= 0.3 is 0 Å². The molecule has 1 nitrogen and oxygen atoms in total. The highest BCUT2D eigenvalue weighted by Gasteiger charge is 2.27. The Morgan fingerprint density at radius 1 is 1.29 bits per heavy atom. The minimum atomic E-state index is 0.154. The molecule has 0 amide bonds. The molecule has 1 aromatic carbocycles. The molecule has 0 fully saturated rings. The minimum absolute atomic E-state index is 0.154. The lowest BCUT2D eigenvalue weighted by Gasteiger charge is -2.20. The van der Waals surface area contributed by atoms with Gasteiger partial charge < -0.3 is 0 Å². The summed E-state index contributed by atoms with van der Waals surface area (Å²) in [6, 6.07) is 6.48. The molecule has 0 radical (unpaired) electrons. The van der Waals surface area contributed by atoms with Gasteiger partial charge in [0.25, 0.3) is 0 Å². The quantitative estimate of drug-likeness (QED) is 0.696. The molecule has 1 aromatic rings. The zero-order valence-electron chi connectivity index (χ0n) is 11.2. The summed E-state index contributed by atoms with van der Waals surface area (Å²) in [5, 5.41) is 0. The van der Waals surface area contributed by atoms with Gasteiger partial charge in [0.2, 0.25) is 0 Å². The summed E-state index contributed by atoms with van der Waals surface area (Å²) < 4.78 is 0. The van der Waals surface area contributed by atoms with Crippen LogP contribution in [0.1, 0.15) is 61.5 Å². The van der Waals surface area contributed by atoms with Crippen LogP contribution in [0.2, 0.25) is 0 Å².